The van der Waals surface area contributed by atoms with Crippen LogP contribution in [0, 0.1) is 11.3 Å². The van der Waals surface area contributed by atoms with Crippen molar-refractivity contribution in [3.05, 3.63) is 75.5 Å². The van der Waals surface area contributed by atoms with Crippen LogP contribution in [0.3, 0.4) is 0 Å². The molecular formula is C19H14ClN3O2. The Bertz CT molecular complexity index is 1020. The highest BCUT2D eigenvalue weighted by Gasteiger charge is 2.16. The van der Waals surface area contributed by atoms with E-state index in [2.05, 4.69) is 6.07 Å². The molecule has 0 aliphatic heterocycles. The van der Waals surface area contributed by atoms with Gasteiger partial charge in [-0.1, -0.05) is 23.7 Å². The van der Waals surface area contributed by atoms with Crippen LogP contribution < -0.4 is 16.0 Å². The van der Waals surface area contributed by atoms with Gasteiger partial charge >= 0.3 is 0 Å². The lowest BCUT2D eigenvalue weighted by atomic mass is 10.0. The van der Waals surface area contributed by atoms with Crippen LogP contribution in [0.25, 0.3) is 16.8 Å². The zero-order valence-electron chi connectivity index (χ0n) is 13.4. The summed E-state index contributed by atoms with van der Waals surface area (Å²) in [6.07, 6.45) is 0. The van der Waals surface area contributed by atoms with Crippen molar-refractivity contribution in [1.82, 2.24) is 4.57 Å². The smallest absolute Gasteiger partial charge is 0.257 e. The highest BCUT2D eigenvalue weighted by Crippen LogP contribution is 2.28. The van der Waals surface area contributed by atoms with Crippen LogP contribution in [0.2, 0.25) is 5.02 Å². The molecule has 6 heteroatoms. The second-order valence-electron chi connectivity index (χ2n) is 5.31. The topological polar surface area (TPSA) is 81.0 Å². The Kier molecular flexibility index (Phi) is 4.46. The Balaban J connectivity index is 2.21. The molecule has 0 unspecified atom stereocenters. The summed E-state index contributed by atoms with van der Waals surface area (Å²) >= 11 is 5.90. The Morgan fingerprint density at radius 3 is 2.32 bits per heavy atom. The molecule has 0 amide bonds. The van der Waals surface area contributed by atoms with Gasteiger partial charge in [0.25, 0.3) is 5.56 Å². The van der Waals surface area contributed by atoms with Gasteiger partial charge in [0, 0.05) is 16.7 Å². The summed E-state index contributed by atoms with van der Waals surface area (Å²) in [7, 11) is 1.56. The number of hydrogen-bond acceptors (Lipinski definition) is 4. The Morgan fingerprint density at radius 1 is 1.12 bits per heavy atom. The number of pyridine rings is 1. The molecule has 2 aromatic carbocycles. The minimum atomic E-state index is -0.327. The number of nitriles is 1. The van der Waals surface area contributed by atoms with E-state index in [0.717, 1.165) is 0 Å². The molecule has 0 radical (unpaired) electrons. The molecule has 1 heterocycles. The van der Waals surface area contributed by atoms with Gasteiger partial charge in [0.1, 0.15) is 23.2 Å². The number of nitrogens with two attached hydrogens (primary N) is 1. The van der Waals surface area contributed by atoms with E-state index >= 15 is 0 Å². The monoisotopic (exact) mass is 351 g/mol. The summed E-state index contributed by atoms with van der Waals surface area (Å²) in [6, 6.07) is 17.2. The number of hydrogen-bond donors (Lipinski definition) is 1. The first kappa shape index (κ1) is 16.6. The molecule has 0 atom stereocenters. The number of benzene rings is 2. The maximum Gasteiger partial charge on any atom is 0.257 e. The van der Waals surface area contributed by atoms with E-state index in [9.17, 15) is 10.1 Å². The third-order valence-corrected chi connectivity index (χ3v) is 4.10. The standard InChI is InChI=1S/C19H14ClN3O2/c1-25-15-8-6-14(7-9-15)23-18(24)10-16(17(11-21)19(23)22)12-2-4-13(20)5-3-12/h2-10H,22H2,1H3. The maximum atomic E-state index is 12.6. The third kappa shape index (κ3) is 3.08. The molecule has 25 heavy (non-hydrogen) atoms. The lowest BCUT2D eigenvalue weighted by Gasteiger charge is -2.14. The lowest BCUT2D eigenvalue weighted by Crippen LogP contribution is -2.22. The van der Waals surface area contributed by atoms with Crippen LogP contribution >= 0.6 is 11.6 Å². The molecular weight excluding hydrogens is 338 g/mol. The van der Waals surface area contributed by atoms with E-state index < -0.39 is 0 Å². The molecule has 2 N–H and O–H groups in total. The quantitative estimate of drug-likeness (QED) is 0.781. The SMILES string of the molecule is COc1ccc(-n2c(N)c(C#N)c(-c3ccc(Cl)cc3)cc2=O)cc1. The molecule has 0 saturated carbocycles. The second kappa shape index (κ2) is 6.71. The summed E-state index contributed by atoms with van der Waals surface area (Å²) in [4.78, 5) is 12.6. The number of nitrogen functional groups attached to an aromatic ring is 1. The number of ether oxygens (including phenoxy) is 1. The van der Waals surface area contributed by atoms with Crippen molar-refractivity contribution in [3.8, 4) is 28.6 Å². The van der Waals surface area contributed by atoms with E-state index in [1.54, 1.807) is 55.6 Å². The van der Waals surface area contributed by atoms with Gasteiger partial charge in [-0.15, -0.1) is 0 Å². The summed E-state index contributed by atoms with van der Waals surface area (Å²) < 4.78 is 6.42. The molecule has 0 aliphatic carbocycles. The van der Waals surface area contributed by atoms with Crippen molar-refractivity contribution in [1.29, 1.82) is 5.26 Å². The van der Waals surface area contributed by atoms with Gasteiger partial charge in [0.15, 0.2) is 0 Å². The van der Waals surface area contributed by atoms with E-state index in [1.165, 1.54) is 10.6 Å². The first-order valence-electron chi connectivity index (χ1n) is 7.41. The summed E-state index contributed by atoms with van der Waals surface area (Å²) in [5.74, 6) is 0.749. The predicted octanol–water partition coefficient (Wildman–Crippen LogP) is 3.62. The third-order valence-electron chi connectivity index (χ3n) is 3.85. The molecule has 0 spiro atoms. The summed E-state index contributed by atoms with van der Waals surface area (Å²) in [6.45, 7) is 0. The molecule has 0 fully saturated rings. The van der Waals surface area contributed by atoms with Crippen LogP contribution in [-0.4, -0.2) is 11.7 Å². The number of halogens is 1. The van der Waals surface area contributed by atoms with E-state index in [1.807, 2.05) is 0 Å². The van der Waals surface area contributed by atoms with Gasteiger partial charge in [-0.3, -0.25) is 9.36 Å². The normalized spacial score (nSPS) is 10.3. The molecule has 124 valence electrons. The van der Waals surface area contributed by atoms with Crippen molar-refractivity contribution in [2.75, 3.05) is 12.8 Å². The fourth-order valence-corrected chi connectivity index (χ4v) is 2.73. The average molecular weight is 352 g/mol. The maximum absolute atomic E-state index is 12.6. The van der Waals surface area contributed by atoms with E-state index in [4.69, 9.17) is 22.1 Å². The number of nitrogens with zero attached hydrogens (tertiary/aromatic N) is 2. The molecule has 1 aromatic heterocycles. The van der Waals surface area contributed by atoms with Gasteiger partial charge in [-0.2, -0.15) is 5.26 Å². The number of aromatic nitrogens is 1. The van der Waals surface area contributed by atoms with Crippen LogP contribution in [0.1, 0.15) is 5.56 Å². The van der Waals surface area contributed by atoms with Crippen molar-refractivity contribution in [3.63, 3.8) is 0 Å². The Morgan fingerprint density at radius 2 is 1.76 bits per heavy atom. The lowest BCUT2D eigenvalue weighted by molar-refractivity contribution is 0.414. The van der Waals surface area contributed by atoms with Crippen molar-refractivity contribution in [2.24, 2.45) is 0 Å². The van der Waals surface area contributed by atoms with Crippen LogP contribution in [0.4, 0.5) is 5.82 Å². The minimum absolute atomic E-state index is 0.0881. The highest BCUT2D eigenvalue weighted by atomic mass is 35.5. The van der Waals surface area contributed by atoms with Crippen LogP contribution in [-0.2, 0) is 0 Å². The van der Waals surface area contributed by atoms with Gasteiger partial charge in [0.2, 0.25) is 0 Å². The first-order valence-corrected chi connectivity index (χ1v) is 7.79. The molecule has 5 nitrogen and oxygen atoms in total. The largest absolute Gasteiger partial charge is 0.497 e. The molecule has 0 saturated heterocycles. The Hall–Kier alpha value is -3.23. The Labute approximate surface area is 149 Å². The molecule has 0 bridgehead atoms. The molecule has 0 aliphatic rings. The summed E-state index contributed by atoms with van der Waals surface area (Å²) in [5.41, 5.74) is 7.79. The van der Waals surface area contributed by atoms with Gasteiger partial charge in [0.05, 0.1) is 12.8 Å². The number of rotatable bonds is 3. The van der Waals surface area contributed by atoms with Crippen molar-refractivity contribution < 1.29 is 4.74 Å². The highest BCUT2D eigenvalue weighted by molar-refractivity contribution is 6.30. The number of anilines is 1. The van der Waals surface area contributed by atoms with Gasteiger partial charge in [-0.05, 0) is 42.0 Å². The molecule has 3 rings (SSSR count). The average Bonchev–Trinajstić information content (AvgIpc) is 2.62. The van der Waals surface area contributed by atoms with Crippen molar-refractivity contribution in [2.45, 2.75) is 0 Å². The zero-order valence-corrected chi connectivity index (χ0v) is 14.1. The number of methoxy groups -OCH3 is 1. The van der Waals surface area contributed by atoms with Crippen LogP contribution in [0.15, 0.2) is 59.4 Å². The molecule has 3 aromatic rings. The fraction of sp³-hybridized carbons (Fsp3) is 0.0526. The zero-order chi connectivity index (χ0) is 18.0. The van der Waals surface area contributed by atoms with E-state index in [0.29, 0.717) is 27.6 Å². The van der Waals surface area contributed by atoms with Crippen molar-refractivity contribution >= 4 is 17.4 Å². The minimum Gasteiger partial charge on any atom is -0.497 e. The fourth-order valence-electron chi connectivity index (χ4n) is 2.60. The van der Waals surface area contributed by atoms with Gasteiger partial charge in [-0.25, -0.2) is 0 Å². The second-order valence-corrected chi connectivity index (χ2v) is 5.75. The predicted molar refractivity (Wildman–Crippen MR) is 98.2 cm³/mol. The summed E-state index contributed by atoms with van der Waals surface area (Å²) in [5, 5.41) is 10.1. The van der Waals surface area contributed by atoms with E-state index in [-0.39, 0.29) is 16.9 Å². The van der Waals surface area contributed by atoms with Gasteiger partial charge < -0.3 is 10.5 Å². The first-order chi connectivity index (χ1) is 12.0. The van der Waals surface area contributed by atoms with Crippen LogP contribution in [0.5, 0.6) is 5.75 Å².